The lowest BCUT2D eigenvalue weighted by Crippen LogP contribution is -2.41. The summed E-state index contributed by atoms with van der Waals surface area (Å²) in [6.45, 7) is 7.01. The SMILES string of the molecule is CCN(C(=O)c1cc(C)ccc1-n1nccn1)[C@@H](C)Cn1cc(-c2ccccn2)nn1. The average molecular weight is 416 g/mol. The number of hydrogen-bond acceptors (Lipinski definition) is 6. The molecule has 9 nitrogen and oxygen atoms in total. The molecule has 4 aromatic rings. The van der Waals surface area contributed by atoms with Gasteiger partial charge in [-0.15, -0.1) is 5.10 Å². The Morgan fingerprint density at radius 3 is 2.61 bits per heavy atom. The van der Waals surface area contributed by atoms with Crippen molar-refractivity contribution in [3.8, 4) is 17.1 Å². The molecule has 0 bridgehead atoms. The van der Waals surface area contributed by atoms with Crippen LogP contribution in [0.25, 0.3) is 17.1 Å². The molecule has 0 fully saturated rings. The number of likely N-dealkylation sites (N-methyl/N-ethyl adjacent to an activating group) is 1. The highest BCUT2D eigenvalue weighted by atomic mass is 16.2. The van der Waals surface area contributed by atoms with E-state index in [0.29, 0.717) is 30.0 Å². The van der Waals surface area contributed by atoms with Crippen LogP contribution < -0.4 is 0 Å². The molecule has 0 radical (unpaired) electrons. The summed E-state index contributed by atoms with van der Waals surface area (Å²) in [6.07, 6.45) is 6.77. The van der Waals surface area contributed by atoms with Crippen LogP contribution in [0.15, 0.2) is 61.2 Å². The van der Waals surface area contributed by atoms with Crippen molar-refractivity contribution in [3.05, 3.63) is 72.3 Å². The zero-order valence-corrected chi connectivity index (χ0v) is 17.8. The van der Waals surface area contributed by atoms with E-state index in [0.717, 1.165) is 11.3 Å². The van der Waals surface area contributed by atoms with Gasteiger partial charge in [0.05, 0.1) is 42.1 Å². The summed E-state index contributed by atoms with van der Waals surface area (Å²) in [6, 6.07) is 11.3. The van der Waals surface area contributed by atoms with Gasteiger partial charge >= 0.3 is 0 Å². The molecule has 0 unspecified atom stereocenters. The van der Waals surface area contributed by atoms with E-state index in [-0.39, 0.29) is 11.9 Å². The van der Waals surface area contributed by atoms with Gasteiger partial charge in [0.1, 0.15) is 5.69 Å². The van der Waals surface area contributed by atoms with Crippen LogP contribution in [0.5, 0.6) is 0 Å². The highest BCUT2D eigenvalue weighted by molar-refractivity contribution is 5.98. The minimum Gasteiger partial charge on any atom is -0.334 e. The first-order valence-corrected chi connectivity index (χ1v) is 10.2. The maximum Gasteiger partial charge on any atom is 0.256 e. The van der Waals surface area contributed by atoms with Crippen LogP contribution in [-0.4, -0.2) is 58.4 Å². The van der Waals surface area contributed by atoms with E-state index in [2.05, 4.69) is 25.5 Å². The van der Waals surface area contributed by atoms with Crippen molar-refractivity contribution in [2.45, 2.75) is 33.4 Å². The number of amides is 1. The minimum atomic E-state index is -0.102. The Hall–Kier alpha value is -3.88. The molecule has 1 atom stereocenters. The number of carbonyl (C=O) groups is 1. The molecule has 3 aromatic heterocycles. The van der Waals surface area contributed by atoms with Crippen molar-refractivity contribution >= 4 is 5.91 Å². The fraction of sp³-hybridized carbons (Fsp3) is 0.273. The van der Waals surface area contributed by atoms with E-state index in [1.165, 1.54) is 4.80 Å². The van der Waals surface area contributed by atoms with Gasteiger partial charge in [-0.1, -0.05) is 22.9 Å². The van der Waals surface area contributed by atoms with E-state index < -0.39 is 0 Å². The lowest BCUT2D eigenvalue weighted by atomic mass is 10.1. The molecule has 9 heteroatoms. The third-order valence-corrected chi connectivity index (χ3v) is 5.07. The van der Waals surface area contributed by atoms with E-state index in [1.54, 1.807) is 23.3 Å². The predicted octanol–water partition coefficient (Wildman–Crippen LogP) is 2.78. The maximum atomic E-state index is 13.5. The minimum absolute atomic E-state index is 0.0731. The third kappa shape index (κ3) is 4.35. The molecule has 1 aromatic carbocycles. The summed E-state index contributed by atoms with van der Waals surface area (Å²) in [5.41, 5.74) is 3.69. The molecule has 1 amide bonds. The summed E-state index contributed by atoms with van der Waals surface area (Å²) >= 11 is 0. The number of hydrogen-bond donors (Lipinski definition) is 0. The molecule has 3 heterocycles. The third-order valence-electron chi connectivity index (χ3n) is 5.07. The highest BCUT2D eigenvalue weighted by Crippen LogP contribution is 2.19. The molecule has 31 heavy (non-hydrogen) atoms. The van der Waals surface area contributed by atoms with Crippen molar-refractivity contribution in [3.63, 3.8) is 0 Å². The Labute approximate surface area is 180 Å². The van der Waals surface area contributed by atoms with Crippen LogP contribution >= 0.6 is 0 Å². The maximum absolute atomic E-state index is 13.5. The molecular formula is C22H24N8O. The van der Waals surface area contributed by atoms with Gasteiger partial charge in [0.25, 0.3) is 5.91 Å². The van der Waals surface area contributed by atoms with Crippen LogP contribution in [-0.2, 0) is 6.54 Å². The smallest absolute Gasteiger partial charge is 0.256 e. The normalized spacial score (nSPS) is 12.0. The second-order valence-electron chi connectivity index (χ2n) is 7.32. The van der Waals surface area contributed by atoms with Crippen molar-refractivity contribution in [1.29, 1.82) is 0 Å². The van der Waals surface area contributed by atoms with Crippen molar-refractivity contribution in [2.75, 3.05) is 6.54 Å². The molecule has 158 valence electrons. The molecule has 0 aliphatic heterocycles. The summed E-state index contributed by atoms with van der Waals surface area (Å²) in [4.78, 5) is 21.1. The van der Waals surface area contributed by atoms with Crippen LogP contribution in [0.4, 0.5) is 0 Å². The van der Waals surface area contributed by atoms with Gasteiger partial charge in [-0.05, 0) is 45.0 Å². The predicted molar refractivity (Wildman–Crippen MR) is 116 cm³/mol. The van der Waals surface area contributed by atoms with Gasteiger partial charge in [0.2, 0.25) is 0 Å². The number of aromatic nitrogens is 7. The Morgan fingerprint density at radius 2 is 1.90 bits per heavy atom. The second-order valence-corrected chi connectivity index (χ2v) is 7.32. The molecule has 0 N–H and O–H groups in total. The Morgan fingerprint density at radius 1 is 1.10 bits per heavy atom. The van der Waals surface area contributed by atoms with Crippen molar-refractivity contribution in [1.82, 2.24) is 39.9 Å². The number of rotatable bonds is 7. The van der Waals surface area contributed by atoms with Crippen LogP contribution in [0.1, 0.15) is 29.8 Å². The molecule has 0 spiro atoms. The summed E-state index contributed by atoms with van der Waals surface area (Å²) < 4.78 is 1.75. The summed E-state index contributed by atoms with van der Waals surface area (Å²) in [5.74, 6) is -0.0731. The van der Waals surface area contributed by atoms with Gasteiger partial charge in [-0.2, -0.15) is 15.0 Å². The number of carbonyl (C=O) groups excluding carboxylic acids is 1. The van der Waals surface area contributed by atoms with Gasteiger partial charge in [0.15, 0.2) is 0 Å². The molecular weight excluding hydrogens is 392 g/mol. The molecule has 0 saturated heterocycles. The average Bonchev–Trinajstić information content (AvgIpc) is 3.47. The fourth-order valence-electron chi connectivity index (χ4n) is 3.53. The standard InChI is InChI=1S/C22H24N8O/c1-4-29(17(3)14-28-15-20(26-27-28)19-7-5-6-10-23-19)22(31)18-13-16(2)8-9-21(18)30-24-11-12-25-30/h5-13,15,17H,4,14H2,1-3H3/t17-/m0/s1. The van der Waals surface area contributed by atoms with Crippen LogP contribution in [0.3, 0.4) is 0 Å². The fourth-order valence-corrected chi connectivity index (χ4v) is 3.53. The van der Waals surface area contributed by atoms with Gasteiger partial charge in [0, 0.05) is 18.8 Å². The first kappa shape index (κ1) is 20.4. The lowest BCUT2D eigenvalue weighted by molar-refractivity contribution is 0.0684. The molecule has 4 rings (SSSR count). The van der Waals surface area contributed by atoms with E-state index in [9.17, 15) is 4.79 Å². The molecule has 0 saturated carbocycles. The van der Waals surface area contributed by atoms with Crippen molar-refractivity contribution < 1.29 is 4.79 Å². The van der Waals surface area contributed by atoms with Gasteiger partial charge in [-0.3, -0.25) is 9.78 Å². The first-order valence-electron chi connectivity index (χ1n) is 10.2. The van der Waals surface area contributed by atoms with E-state index in [1.807, 2.05) is 68.3 Å². The zero-order chi connectivity index (χ0) is 21.8. The number of benzene rings is 1. The van der Waals surface area contributed by atoms with Crippen LogP contribution in [0, 0.1) is 6.92 Å². The second kappa shape index (κ2) is 8.86. The Balaban J connectivity index is 1.56. The molecule has 0 aliphatic rings. The number of pyridine rings is 1. The number of nitrogens with zero attached hydrogens (tertiary/aromatic N) is 8. The van der Waals surface area contributed by atoms with Crippen LogP contribution in [0.2, 0.25) is 0 Å². The number of aryl methyl sites for hydroxylation is 1. The Kier molecular flexibility index (Phi) is 5.83. The quantitative estimate of drug-likeness (QED) is 0.460. The highest BCUT2D eigenvalue weighted by Gasteiger charge is 2.24. The largest absolute Gasteiger partial charge is 0.334 e. The monoisotopic (exact) mass is 416 g/mol. The van der Waals surface area contributed by atoms with Crippen molar-refractivity contribution in [2.24, 2.45) is 0 Å². The lowest BCUT2D eigenvalue weighted by Gasteiger charge is -2.28. The summed E-state index contributed by atoms with van der Waals surface area (Å²) in [7, 11) is 0. The first-order chi connectivity index (χ1) is 15.1. The van der Waals surface area contributed by atoms with E-state index >= 15 is 0 Å². The zero-order valence-electron chi connectivity index (χ0n) is 17.8. The molecule has 0 aliphatic carbocycles. The van der Waals surface area contributed by atoms with E-state index in [4.69, 9.17) is 0 Å². The topological polar surface area (TPSA) is 94.6 Å². The Bertz CT molecular complexity index is 1150. The van der Waals surface area contributed by atoms with Gasteiger partial charge in [-0.25, -0.2) is 4.68 Å². The summed E-state index contributed by atoms with van der Waals surface area (Å²) in [5, 5.41) is 16.8. The van der Waals surface area contributed by atoms with Gasteiger partial charge < -0.3 is 4.90 Å².